The normalized spacial score (nSPS) is 11.4. The van der Waals surface area contributed by atoms with Gasteiger partial charge in [-0.05, 0) is 29.5 Å². The second kappa shape index (κ2) is 4.79. The zero-order valence-electron chi connectivity index (χ0n) is 8.96. The molecule has 0 aromatic heterocycles. The van der Waals surface area contributed by atoms with Gasteiger partial charge < -0.3 is 5.11 Å². The fourth-order valence-electron chi connectivity index (χ4n) is 1.44. The van der Waals surface area contributed by atoms with Crippen LogP contribution in [0, 0.1) is 0 Å². The van der Waals surface area contributed by atoms with Gasteiger partial charge in [-0.3, -0.25) is 0 Å². The van der Waals surface area contributed by atoms with E-state index in [9.17, 15) is 4.79 Å². The molecule has 15 heavy (non-hydrogen) atoms. The highest BCUT2D eigenvalue weighted by Crippen LogP contribution is 2.27. The summed E-state index contributed by atoms with van der Waals surface area (Å²) in [6.45, 7) is 4.31. The Morgan fingerprint density at radius 1 is 1.33 bits per heavy atom. The lowest BCUT2D eigenvalue weighted by Crippen LogP contribution is -2.17. The molecule has 0 bridgehead atoms. The SMILES string of the molecule is CC(C)(CCBr)c1ccc(C(=O)O)cc1. The van der Waals surface area contributed by atoms with Crippen LogP contribution < -0.4 is 0 Å². The van der Waals surface area contributed by atoms with Gasteiger partial charge in [-0.15, -0.1) is 0 Å². The first-order valence-corrected chi connectivity index (χ1v) is 5.99. The Hall–Kier alpha value is -0.830. The van der Waals surface area contributed by atoms with Gasteiger partial charge in [0.05, 0.1) is 5.56 Å². The number of carboxylic acid groups (broad SMARTS) is 1. The Morgan fingerprint density at radius 2 is 1.87 bits per heavy atom. The van der Waals surface area contributed by atoms with E-state index in [0.717, 1.165) is 11.8 Å². The minimum Gasteiger partial charge on any atom is -0.478 e. The van der Waals surface area contributed by atoms with Crippen LogP contribution in [-0.4, -0.2) is 16.4 Å². The molecule has 0 aliphatic heterocycles. The average Bonchev–Trinajstić information content (AvgIpc) is 2.18. The van der Waals surface area contributed by atoms with E-state index in [-0.39, 0.29) is 5.41 Å². The molecule has 0 saturated carbocycles. The van der Waals surface area contributed by atoms with Crippen LogP contribution in [0.1, 0.15) is 36.2 Å². The van der Waals surface area contributed by atoms with E-state index < -0.39 is 5.97 Å². The van der Waals surface area contributed by atoms with E-state index in [4.69, 9.17) is 5.11 Å². The van der Waals surface area contributed by atoms with Crippen LogP contribution in [0.4, 0.5) is 0 Å². The van der Waals surface area contributed by atoms with Crippen molar-refractivity contribution < 1.29 is 9.90 Å². The van der Waals surface area contributed by atoms with Crippen LogP contribution in [0.5, 0.6) is 0 Å². The second-order valence-electron chi connectivity index (χ2n) is 4.21. The quantitative estimate of drug-likeness (QED) is 0.851. The smallest absolute Gasteiger partial charge is 0.335 e. The number of alkyl halides is 1. The average molecular weight is 271 g/mol. The number of rotatable bonds is 4. The molecule has 82 valence electrons. The van der Waals surface area contributed by atoms with Crippen molar-refractivity contribution in [3.8, 4) is 0 Å². The Labute approximate surface area is 98.4 Å². The number of benzene rings is 1. The van der Waals surface area contributed by atoms with E-state index in [2.05, 4.69) is 29.8 Å². The predicted octanol–water partition coefficient (Wildman–Crippen LogP) is 3.45. The van der Waals surface area contributed by atoms with Crippen LogP contribution in [0.2, 0.25) is 0 Å². The van der Waals surface area contributed by atoms with Gasteiger partial charge >= 0.3 is 5.97 Å². The third-order valence-electron chi connectivity index (χ3n) is 2.63. The first-order chi connectivity index (χ1) is 6.97. The third kappa shape index (κ3) is 3.06. The highest BCUT2D eigenvalue weighted by molar-refractivity contribution is 9.09. The van der Waals surface area contributed by atoms with Crippen LogP contribution in [0.3, 0.4) is 0 Å². The molecule has 2 nitrogen and oxygen atoms in total. The molecule has 0 amide bonds. The number of hydrogen-bond acceptors (Lipinski definition) is 1. The fraction of sp³-hybridized carbons (Fsp3) is 0.417. The van der Waals surface area contributed by atoms with Crippen molar-refractivity contribution in [2.24, 2.45) is 0 Å². The molecule has 0 unspecified atom stereocenters. The van der Waals surface area contributed by atoms with Crippen molar-refractivity contribution in [3.05, 3.63) is 35.4 Å². The van der Waals surface area contributed by atoms with Crippen molar-refractivity contribution in [1.82, 2.24) is 0 Å². The van der Waals surface area contributed by atoms with Gasteiger partial charge in [-0.2, -0.15) is 0 Å². The summed E-state index contributed by atoms with van der Waals surface area (Å²) < 4.78 is 0. The molecule has 0 fully saturated rings. The van der Waals surface area contributed by atoms with Gasteiger partial charge in [-0.1, -0.05) is 41.9 Å². The fourth-order valence-corrected chi connectivity index (χ4v) is 2.44. The molecule has 0 saturated heterocycles. The monoisotopic (exact) mass is 270 g/mol. The Kier molecular flexibility index (Phi) is 3.91. The number of halogens is 1. The van der Waals surface area contributed by atoms with Gasteiger partial charge in [0.25, 0.3) is 0 Å². The van der Waals surface area contributed by atoms with E-state index in [1.54, 1.807) is 12.1 Å². The first kappa shape index (κ1) is 12.2. The molecule has 3 heteroatoms. The van der Waals surface area contributed by atoms with Crippen molar-refractivity contribution in [2.45, 2.75) is 25.7 Å². The molecule has 0 spiro atoms. The highest BCUT2D eigenvalue weighted by atomic mass is 79.9. The molecule has 1 aromatic carbocycles. The summed E-state index contributed by atoms with van der Waals surface area (Å²) >= 11 is 3.43. The highest BCUT2D eigenvalue weighted by Gasteiger charge is 2.19. The summed E-state index contributed by atoms with van der Waals surface area (Å²) in [5, 5.41) is 9.72. The molecule has 0 aliphatic carbocycles. The maximum atomic E-state index is 10.7. The Morgan fingerprint density at radius 3 is 2.27 bits per heavy atom. The Balaban J connectivity index is 2.93. The van der Waals surface area contributed by atoms with Crippen molar-refractivity contribution in [1.29, 1.82) is 0 Å². The number of carboxylic acids is 1. The molecule has 1 N–H and O–H groups in total. The summed E-state index contributed by atoms with van der Waals surface area (Å²) in [7, 11) is 0. The molecule has 1 rings (SSSR count). The third-order valence-corrected chi connectivity index (χ3v) is 3.03. The number of carbonyl (C=O) groups is 1. The molecule has 0 atom stereocenters. The van der Waals surface area contributed by atoms with Gasteiger partial charge in [0, 0.05) is 5.33 Å². The zero-order chi connectivity index (χ0) is 11.5. The van der Waals surface area contributed by atoms with Crippen LogP contribution in [0.25, 0.3) is 0 Å². The van der Waals surface area contributed by atoms with Gasteiger partial charge in [0.15, 0.2) is 0 Å². The minimum absolute atomic E-state index is 0.0839. The van der Waals surface area contributed by atoms with E-state index in [0.29, 0.717) is 5.56 Å². The van der Waals surface area contributed by atoms with Gasteiger partial charge in [0.1, 0.15) is 0 Å². The lowest BCUT2D eigenvalue weighted by molar-refractivity contribution is 0.0697. The standard InChI is InChI=1S/C12H15BrO2/c1-12(2,7-8-13)10-5-3-9(4-6-10)11(14)15/h3-6H,7-8H2,1-2H3,(H,14,15). The lowest BCUT2D eigenvalue weighted by Gasteiger charge is -2.24. The molecular formula is C12H15BrO2. The van der Waals surface area contributed by atoms with E-state index in [1.807, 2.05) is 12.1 Å². The van der Waals surface area contributed by atoms with Crippen molar-refractivity contribution in [3.63, 3.8) is 0 Å². The second-order valence-corrected chi connectivity index (χ2v) is 5.00. The largest absolute Gasteiger partial charge is 0.478 e. The maximum Gasteiger partial charge on any atom is 0.335 e. The summed E-state index contributed by atoms with van der Waals surface area (Å²) in [4.78, 5) is 10.7. The molecule has 0 heterocycles. The predicted molar refractivity (Wildman–Crippen MR) is 64.8 cm³/mol. The van der Waals surface area contributed by atoms with Gasteiger partial charge in [-0.25, -0.2) is 4.79 Å². The zero-order valence-corrected chi connectivity index (χ0v) is 10.5. The topological polar surface area (TPSA) is 37.3 Å². The van der Waals surface area contributed by atoms with E-state index in [1.165, 1.54) is 5.56 Å². The molecule has 0 aliphatic rings. The maximum absolute atomic E-state index is 10.7. The summed E-state index contributed by atoms with van der Waals surface area (Å²) in [5.41, 5.74) is 1.60. The summed E-state index contributed by atoms with van der Waals surface area (Å²) in [6, 6.07) is 7.11. The van der Waals surface area contributed by atoms with Crippen molar-refractivity contribution in [2.75, 3.05) is 5.33 Å². The molecular weight excluding hydrogens is 256 g/mol. The first-order valence-electron chi connectivity index (χ1n) is 4.87. The van der Waals surface area contributed by atoms with Crippen LogP contribution in [-0.2, 0) is 5.41 Å². The molecule has 1 aromatic rings. The Bertz CT molecular complexity index is 341. The summed E-state index contributed by atoms with van der Waals surface area (Å²) in [5.74, 6) is -0.875. The number of aromatic carboxylic acids is 1. The van der Waals surface area contributed by atoms with Crippen LogP contribution >= 0.6 is 15.9 Å². The molecule has 0 radical (unpaired) electrons. The minimum atomic E-state index is -0.875. The van der Waals surface area contributed by atoms with Crippen LogP contribution in [0.15, 0.2) is 24.3 Å². The summed E-state index contributed by atoms with van der Waals surface area (Å²) in [6.07, 6.45) is 1.03. The lowest BCUT2D eigenvalue weighted by atomic mass is 9.82. The van der Waals surface area contributed by atoms with Crippen molar-refractivity contribution >= 4 is 21.9 Å². The van der Waals surface area contributed by atoms with Gasteiger partial charge in [0.2, 0.25) is 0 Å². The van der Waals surface area contributed by atoms with E-state index >= 15 is 0 Å². The number of hydrogen-bond donors (Lipinski definition) is 1.